The van der Waals surface area contributed by atoms with E-state index in [9.17, 15) is 31.9 Å². The summed E-state index contributed by atoms with van der Waals surface area (Å²) in [6, 6.07) is 0.911. The fraction of sp³-hybridized carbons (Fsp3) is 0.267. The first kappa shape index (κ1) is 18.2. The molecule has 1 aliphatic heterocycles. The number of hydrogen-bond donors (Lipinski definition) is 0. The summed E-state index contributed by atoms with van der Waals surface area (Å²) in [7, 11) is 0.807. The van der Waals surface area contributed by atoms with Crippen LogP contribution in [0.5, 0.6) is 5.75 Å². The molecule has 1 aliphatic rings. The molecular formula is C15H9ClF4N2O4. The van der Waals surface area contributed by atoms with Crippen molar-refractivity contribution in [3.8, 4) is 11.4 Å². The second kappa shape index (κ2) is 5.97. The highest BCUT2D eigenvalue weighted by molar-refractivity contribution is 6.32. The van der Waals surface area contributed by atoms with Crippen molar-refractivity contribution in [2.75, 3.05) is 0 Å². The fourth-order valence-electron chi connectivity index (χ4n) is 2.72. The summed E-state index contributed by atoms with van der Waals surface area (Å²) < 4.78 is 58.7. The molecule has 0 unspecified atom stereocenters. The standard InChI is InChI=1S/C15H9ClF4N2O4/c1-21-9(15(18,19)20)5-10(23)22(14(21)25)12-6-2-3-11(24)26-13(6)7(16)4-8(12)17/h4-5H,2-3H2,1H3. The number of fused-ring (bicyclic) bond motifs is 1. The first-order valence-electron chi connectivity index (χ1n) is 7.14. The second-order valence-corrected chi connectivity index (χ2v) is 5.92. The topological polar surface area (TPSA) is 70.3 Å². The third kappa shape index (κ3) is 2.79. The van der Waals surface area contributed by atoms with Gasteiger partial charge in [-0.05, 0) is 12.5 Å². The summed E-state index contributed by atoms with van der Waals surface area (Å²) >= 11 is 5.83. The lowest BCUT2D eigenvalue weighted by Gasteiger charge is -2.22. The van der Waals surface area contributed by atoms with Gasteiger partial charge in [0.2, 0.25) is 0 Å². The molecule has 138 valence electrons. The van der Waals surface area contributed by atoms with Crippen molar-refractivity contribution in [1.82, 2.24) is 9.13 Å². The van der Waals surface area contributed by atoms with Gasteiger partial charge in [-0.2, -0.15) is 13.2 Å². The van der Waals surface area contributed by atoms with Crippen LogP contribution in [0.3, 0.4) is 0 Å². The Bertz CT molecular complexity index is 1060. The molecule has 6 nitrogen and oxygen atoms in total. The third-order valence-electron chi connectivity index (χ3n) is 3.89. The van der Waals surface area contributed by atoms with Crippen molar-refractivity contribution in [2.24, 2.45) is 7.05 Å². The summed E-state index contributed by atoms with van der Waals surface area (Å²) in [5, 5.41) is -0.258. The molecule has 0 fully saturated rings. The Balaban J connectivity index is 2.38. The first-order chi connectivity index (χ1) is 12.0. The predicted molar refractivity (Wildman–Crippen MR) is 81.2 cm³/mol. The third-order valence-corrected chi connectivity index (χ3v) is 4.17. The number of alkyl halides is 3. The zero-order valence-electron chi connectivity index (χ0n) is 13.0. The highest BCUT2D eigenvalue weighted by Crippen LogP contribution is 2.38. The van der Waals surface area contributed by atoms with Crippen LogP contribution in [0.2, 0.25) is 5.02 Å². The van der Waals surface area contributed by atoms with E-state index in [1.54, 1.807) is 0 Å². The Morgan fingerprint density at radius 3 is 2.42 bits per heavy atom. The molecular weight excluding hydrogens is 384 g/mol. The van der Waals surface area contributed by atoms with Crippen molar-refractivity contribution >= 4 is 17.6 Å². The maximum absolute atomic E-state index is 14.5. The zero-order valence-corrected chi connectivity index (χ0v) is 13.7. The number of halogens is 5. The van der Waals surface area contributed by atoms with Crippen LogP contribution in [0.25, 0.3) is 5.69 Å². The van der Waals surface area contributed by atoms with E-state index in [1.165, 1.54) is 0 Å². The molecule has 1 aromatic heterocycles. The monoisotopic (exact) mass is 392 g/mol. The summed E-state index contributed by atoms with van der Waals surface area (Å²) in [5.41, 5.74) is -4.88. The van der Waals surface area contributed by atoms with Crippen molar-refractivity contribution < 1.29 is 27.1 Å². The summed E-state index contributed by atoms with van der Waals surface area (Å²) in [5.74, 6) is -1.98. The molecule has 0 radical (unpaired) electrons. The Morgan fingerprint density at radius 2 is 1.81 bits per heavy atom. The molecule has 2 aromatic rings. The molecule has 0 spiro atoms. The van der Waals surface area contributed by atoms with Gasteiger partial charge in [0.1, 0.15) is 11.5 Å². The van der Waals surface area contributed by atoms with Gasteiger partial charge in [-0.1, -0.05) is 11.6 Å². The smallest absolute Gasteiger partial charge is 0.425 e. The SMILES string of the molecule is Cn1c(C(F)(F)F)cc(=O)n(-c2c(F)cc(Cl)c3c2CCC(=O)O3)c1=O. The van der Waals surface area contributed by atoms with Crippen LogP contribution in [0, 0.1) is 5.82 Å². The number of hydrogen-bond acceptors (Lipinski definition) is 4. The van der Waals surface area contributed by atoms with Gasteiger partial charge in [-0.25, -0.2) is 13.8 Å². The number of benzene rings is 1. The van der Waals surface area contributed by atoms with Gasteiger partial charge in [0, 0.05) is 18.7 Å². The van der Waals surface area contributed by atoms with Crippen LogP contribution in [-0.2, 0) is 24.4 Å². The number of carbonyl (C=O) groups excluding carboxylic acids is 1. The minimum absolute atomic E-state index is 0.0476. The van der Waals surface area contributed by atoms with Gasteiger partial charge in [-0.15, -0.1) is 0 Å². The molecule has 11 heteroatoms. The maximum atomic E-state index is 14.5. The minimum atomic E-state index is -4.94. The summed E-state index contributed by atoms with van der Waals surface area (Å²) in [6.45, 7) is 0. The molecule has 0 atom stereocenters. The lowest BCUT2D eigenvalue weighted by atomic mass is 10.0. The van der Waals surface area contributed by atoms with Crippen LogP contribution >= 0.6 is 11.6 Å². The van der Waals surface area contributed by atoms with Gasteiger partial charge in [0.15, 0.2) is 5.75 Å². The highest BCUT2D eigenvalue weighted by Gasteiger charge is 2.36. The van der Waals surface area contributed by atoms with Gasteiger partial charge in [0.05, 0.1) is 17.1 Å². The molecule has 0 saturated heterocycles. The minimum Gasteiger partial charge on any atom is -0.425 e. The number of nitrogens with zero attached hydrogens (tertiary/aromatic N) is 2. The maximum Gasteiger partial charge on any atom is 0.431 e. The normalized spacial score (nSPS) is 14.2. The van der Waals surface area contributed by atoms with Crippen LogP contribution in [0.1, 0.15) is 17.7 Å². The van der Waals surface area contributed by atoms with E-state index < -0.39 is 40.6 Å². The van der Waals surface area contributed by atoms with E-state index in [1.807, 2.05) is 0 Å². The Labute approximate surface area is 147 Å². The lowest BCUT2D eigenvalue weighted by molar-refractivity contribution is -0.144. The molecule has 1 aromatic carbocycles. The average molecular weight is 393 g/mol. The first-order valence-corrected chi connectivity index (χ1v) is 7.52. The zero-order chi connectivity index (χ0) is 19.4. The van der Waals surface area contributed by atoms with E-state index in [4.69, 9.17) is 16.3 Å². The molecule has 0 saturated carbocycles. The van der Waals surface area contributed by atoms with Crippen molar-refractivity contribution in [3.63, 3.8) is 0 Å². The van der Waals surface area contributed by atoms with E-state index in [-0.39, 0.29) is 44.4 Å². The van der Waals surface area contributed by atoms with Crippen molar-refractivity contribution in [1.29, 1.82) is 0 Å². The lowest BCUT2D eigenvalue weighted by Crippen LogP contribution is -2.41. The number of carbonyl (C=O) groups is 1. The average Bonchev–Trinajstić information content (AvgIpc) is 2.53. The number of esters is 1. The van der Waals surface area contributed by atoms with E-state index in [0.717, 1.165) is 13.1 Å². The number of rotatable bonds is 1. The van der Waals surface area contributed by atoms with Crippen LogP contribution in [-0.4, -0.2) is 15.1 Å². The molecule has 3 rings (SSSR count). The van der Waals surface area contributed by atoms with Crippen molar-refractivity contribution in [3.05, 3.63) is 55.1 Å². The van der Waals surface area contributed by atoms with Gasteiger partial charge in [-0.3, -0.25) is 14.2 Å². The van der Waals surface area contributed by atoms with Gasteiger partial charge >= 0.3 is 17.8 Å². The molecule has 26 heavy (non-hydrogen) atoms. The van der Waals surface area contributed by atoms with Gasteiger partial charge in [0.25, 0.3) is 5.56 Å². The second-order valence-electron chi connectivity index (χ2n) is 5.51. The van der Waals surface area contributed by atoms with Gasteiger partial charge < -0.3 is 4.74 Å². The molecule has 0 amide bonds. The van der Waals surface area contributed by atoms with Crippen LogP contribution in [0.4, 0.5) is 17.6 Å². The molecule has 0 bridgehead atoms. The van der Waals surface area contributed by atoms with Crippen LogP contribution in [0.15, 0.2) is 21.7 Å². The number of ether oxygens (including phenoxy) is 1. The quantitative estimate of drug-likeness (QED) is 0.424. The number of aromatic nitrogens is 2. The molecule has 0 N–H and O–H groups in total. The van der Waals surface area contributed by atoms with E-state index in [0.29, 0.717) is 0 Å². The Morgan fingerprint density at radius 1 is 1.15 bits per heavy atom. The fourth-order valence-corrected chi connectivity index (χ4v) is 2.97. The van der Waals surface area contributed by atoms with Crippen LogP contribution < -0.4 is 16.0 Å². The van der Waals surface area contributed by atoms with E-state index in [2.05, 4.69) is 0 Å². The van der Waals surface area contributed by atoms with Crippen molar-refractivity contribution in [2.45, 2.75) is 19.0 Å². The predicted octanol–water partition coefficient (Wildman–Crippen LogP) is 2.20. The Hall–Kier alpha value is -2.62. The molecule has 0 aliphatic carbocycles. The largest absolute Gasteiger partial charge is 0.431 e. The summed E-state index contributed by atoms with van der Waals surface area (Å²) in [6.07, 6.45) is -5.22. The van der Waals surface area contributed by atoms with E-state index >= 15 is 0 Å². The highest BCUT2D eigenvalue weighted by atomic mass is 35.5. The Kier molecular flexibility index (Phi) is 4.18. The summed E-state index contributed by atoms with van der Waals surface area (Å²) in [4.78, 5) is 36.0. The molecule has 2 heterocycles.